The van der Waals surface area contributed by atoms with Gasteiger partial charge in [-0.2, -0.15) is 0 Å². The van der Waals surface area contributed by atoms with Crippen LogP contribution >= 0.6 is 12.2 Å². The van der Waals surface area contributed by atoms with Crippen molar-refractivity contribution in [2.75, 3.05) is 17.2 Å². The number of thiocarbonyl (C=S) groups is 1. The molecule has 2 rings (SSSR count). The minimum atomic E-state index is -0.251. The molecule has 0 spiro atoms. The molecule has 7 heteroatoms. The Kier molecular flexibility index (Phi) is 7.95. The molecule has 0 aliphatic heterocycles. The van der Waals surface area contributed by atoms with Gasteiger partial charge in [0.25, 0.3) is 5.91 Å². The van der Waals surface area contributed by atoms with Gasteiger partial charge in [-0.1, -0.05) is 32.9 Å². The number of nitrogens with one attached hydrogen (secondary N) is 3. The third kappa shape index (κ3) is 7.00. The van der Waals surface area contributed by atoms with E-state index in [1.165, 1.54) is 5.56 Å². The minimum Gasteiger partial charge on any atom is -0.484 e. The first-order valence-electron chi connectivity index (χ1n) is 9.11. The van der Waals surface area contributed by atoms with Crippen molar-refractivity contribution in [3.05, 3.63) is 54.1 Å². The van der Waals surface area contributed by atoms with Gasteiger partial charge in [0.2, 0.25) is 5.91 Å². The highest BCUT2D eigenvalue weighted by molar-refractivity contribution is 7.80. The second-order valence-corrected chi connectivity index (χ2v) is 6.90. The van der Waals surface area contributed by atoms with Gasteiger partial charge in [-0.05, 0) is 60.1 Å². The number of benzene rings is 2. The molecule has 6 nitrogen and oxygen atoms in total. The van der Waals surface area contributed by atoms with Crippen LogP contribution in [-0.2, 0) is 9.59 Å². The van der Waals surface area contributed by atoms with E-state index in [1.54, 1.807) is 31.2 Å². The molecule has 0 unspecified atom stereocenters. The number of carbonyl (C=O) groups excluding carboxylic acids is 2. The Hall–Kier alpha value is -2.93. The number of ether oxygens (including phenoxy) is 1. The van der Waals surface area contributed by atoms with Gasteiger partial charge in [0.1, 0.15) is 5.75 Å². The van der Waals surface area contributed by atoms with Gasteiger partial charge in [-0.25, -0.2) is 0 Å². The average Bonchev–Trinajstić information content (AvgIpc) is 2.68. The standard InChI is InChI=1S/C21H25N3O3S/c1-4-19(25)24-21(28)23-17-9-7-16(8-10-17)22-20(26)13-27-18-11-5-15(6-12-18)14(2)3/h5-12,14H,4,13H2,1-3H3,(H,22,26)(H2,23,24,25,28). The first-order chi connectivity index (χ1) is 13.4. The molecule has 0 fully saturated rings. The van der Waals surface area contributed by atoms with E-state index in [4.69, 9.17) is 17.0 Å². The normalized spacial score (nSPS) is 10.3. The molecule has 0 aromatic heterocycles. The Bertz CT molecular complexity index is 818. The second-order valence-electron chi connectivity index (χ2n) is 6.49. The molecule has 2 amide bonds. The van der Waals surface area contributed by atoms with E-state index in [1.807, 2.05) is 24.3 Å². The van der Waals surface area contributed by atoms with Crippen LogP contribution in [0.2, 0.25) is 0 Å². The first kappa shape index (κ1) is 21.4. The lowest BCUT2D eigenvalue weighted by Crippen LogP contribution is -2.33. The maximum absolute atomic E-state index is 12.1. The summed E-state index contributed by atoms with van der Waals surface area (Å²) in [6, 6.07) is 14.7. The molecule has 3 N–H and O–H groups in total. The molecule has 0 atom stereocenters. The number of amides is 2. The zero-order valence-electron chi connectivity index (χ0n) is 16.2. The van der Waals surface area contributed by atoms with Gasteiger partial charge in [-0.15, -0.1) is 0 Å². The van der Waals surface area contributed by atoms with Crippen LogP contribution in [0.3, 0.4) is 0 Å². The fourth-order valence-corrected chi connectivity index (χ4v) is 2.54. The van der Waals surface area contributed by atoms with Crippen molar-refractivity contribution >= 4 is 40.5 Å². The summed E-state index contributed by atoms with van der Waals surface area (Å²) in [4.78, 5) is 23.4. The van der Waals surface area contributed by atoms with E-state index in [0.717, 1.165) is 0 Å². The van der Waals surface area contributed by atoms with E-state index in [-0.39, 0.29) is 23.5 Å². The van der Waals surface area contributed by atoms with Crippen molar-refractivity contribution < 1.29 is 14.3 Å². The van der Waals surface area contributed by atoms with Crippen molar-refractivity contribution in [1.29, 1.82) is 0 Å². The summed E-state index contributed by atoms with van der Waals surface area (Å²) in [7, 11) is 0. The van der Waals surface area contributed by atoms with Crippen LogP contribution in [0.4, 0.5) is 11.4 Å². The highest BCUT2D eigenvalue weighted by Gasteiger charge is 2.06. The maximum Gasteiger partial charge on any atom is 0.262 e. The summed E-state index contributed by atoms with van der Waals surface area (Å²) < 4.78 is 5.52. The Labute approximate surface area is 170 Å². The van der Waals surface area contributed by atoms with Crippen LogP contribution in [0.15, 0.2) is 48.5 Å². The number of anilines is 2. The molecule has 2 aromatic carbocycles. The molecule has 0 bridgehead atoms. The summed E-state index contributed by atoms with van der Waals surface area (Å²) in [5.41, 5.74) is 2.57. The number of hydrogen-bond donors (Lipinski definition) is 3. The predicted molar refractivity (Wildman–Crippen MR) is 116 cm³/mol. The molecule has 148 valence electrons. The summed E-state index contributed by atoms with van der Waals surface area (Å²) in [5.74, 6) is 0.702. The highest BCUT2D eigenvalue weighted by Crippen LogP contribution is 2.19. The molecule has 0 heterocycles. The van der Waals surface area contributed by atoms with Crippen molar-refractivity contribution in [3.8, 4) is 5.75 Å². The van der Waals surface area contributed by atoms with E-state index in [9.17, 15) is 9.59 Å². The zero-order valence-corrected chi connectivity index (χ0v) is 17.1. The van der Waals surface area contributed by atoms with E-state index in [0.29, 0.717) is 29.5 Å². The third-order valence-electron chi connectivity index (χ3n) is 3.92. The summed E-state index contributed by atoms with van der Waals surface area (Å²) in [6.07, 6.45) is 0.358. The molecular formula is C21H25N3O3S. The van der Waals surface area contributed by atoms with E-state index < -0.39 is 0 Å². The van der Waals surface area contributed by atoms with Crippen LogP contribution in [0.25, 0.3) is 0 Å². The van der Waals surface area contributed by atoms with Crippen molar-refractivity contribution in [2.24, 2.45) is 0 Å². The van der Waals surface area contributed by atoms with Crippen molar-refractivity contribution in [2.45, 2.75) is 33.1 Å². The quantitative estimate of drug-likeness (QED) is 0.612. The van der Waals surface area contributed by atoms with Gasteiger partial charge in [0, 0.05) is 17.8 Å². The minimum absolute atomic E-state index is 0.0752. The SMILES string of the molecule is CCC(=O)NC(=S)Nc1ccc(NC(=O)COc2ccc(C(C)C)cc2)cc1. The Balaban J connectivity index is 1.80. The van der Waals surface area contributed by atoms with Gasteiger partial charge in [0.05, 0.1) is 0 Å². The monoisotopic (exact) mass is 399 g/mol. The fourth-order valence-electron chi connectivity index (χ4n) is 2.31. The van der Waals surface area contributed by atoms with Crippen molar-refractivity contribution in [3.63, 3.8) is 0 Å². The molecule has 28 heavy (non-hydrogen) atoms. The van der Waals surface area contributed by atoms with Crippen LogP contribution in [-0.4, -0.2) is 23.5 Å². The first-order valence-corrected chi connectivity index (χ1v) is 9.51. The molecule has 0 saturated carbocycles. The van der Waals surface area contributed by atoms with Crippen LogP contribution in [0.1, 0.15) is 38.7 Å². The third-order valence-corrected chi connectivity index (χ3v) is 4.12. The lowest BCUT2D eigenvalue weighted by molar-refractivity contribution is -0.119. The van der Waals surface area contributed by atoms with Crippen LogP contribution < -0.4 is 20.7 Å². The Morgan fingerprint density at radius 3 is 2.04 bits per heavy atom. The second kappa shape index (κ2) is 10.4. The highest BCUT2D eigenvalue weighted by atomic mass is 32.1. The van der Waals surface area contributed by atoms with Gasteiger partial charge in [0.15, 0.2) is 11.7 Å². The maximum atomic E-state index is 12.1. The molecular weight excluding hydrogens is 374 g/mol. The smallest absolute Gasteiger partial charge is 0.262 e. The van der Waals surface area contributed by atoms with E-state index >= 15 is 0 Å². The summed E-state index contributed by atoms with van der Waals surface area (Å²) in [5, 5.41) is 8.48. The van der Waals surface area contributed by atoms with E-state index in [2.05, 4.69) is 29.8 Å². The predicted octanol–water partition coefficient (Wildman–Crippen LogP) is 4.05. The Morgan fingerprint density at radius 2 is 1.50 bits per heavy atom. The number of hydrogen-bond acceptors (Lipinski definition) is 4. The Morgan fingerprint density at radius 1 is 0.929 bits per heavy atom. The fraction of sp³-hybridized carbons (Fsp3) is 0.286. The molecule has 0 aliphatic rings. The van der Waals surface area contributed by atoms with Crippen LogP contribution in [0.5, 0.6) is 5.75 Å². The summed E-state index contributed by atoms with van der Waals surface area (Å²) in [6.45, 7) is 5.92. The zero-order chi connectivity index (χ0) is 20.5. The average molecular weight is 400 g/mol. The molecule has 0 saturated heterocycles. The number of rotatable bonds is 7. The molecule has 0 aliphatic carbocycles. The van der Waals surface area contributed by atoms with Gasteiger partial charge >= 0.3 is 0 Å². The topological polar surface area (TPSA) is 79.5 Å². The van der Waals surface area contributed by atoms with Gasteiger partial charge in [-0.3, -0.25) is 9.59 Å². The lowest BCUT2D eigenvalue weighted by atomic mass is 10.0. The lowest BCUT2D eigenvalue weighted by Gasteiger charge is -2.11. The molecule has 0 radical (unpaired) electrons. The van der Waals surface area contributed by atoms with Crippen LogP contribution in [0, 0.1) is 0 Å². The molecule has 2 aromatic rings. The van der Waals surface area contributed by atoms with Gasteiger partial charge < -0.3 is 20.7 Å². The largest absolute Gasteiger partial charge is 0.484 e. The number of carbonyl (C=O) groups is 2. The summed E-state index contributed by atoms with van der Waals surface area (Å²) >= 11 is 5.06. The van der Waals surface area contributed by atoms with Crippen molar-refractivity contribution in [1.82, 2.24) is 5.32 Å².